The second kappa shape index (κ2) is 8.24. The molecule has 144 valence electrons. The van der Waals surface area contributed by atoms with Gasteiger partial charge in [0.2, 0.25) is 0 Å². The highest BCUT2D eigenvalue weighted by atomic mass is 35.5. The number of rotatable bonds is 5. The molecule has 1 aliphatic rings. The van der Waals surface area contributed by atoms with Crippen molar-refractivity contribution in [3.63, 3.8) is 0 Å². The van der Waals surface area contributed by atoms with Crippen LogP contribution in [0.1, 0.15) is 15.9 Å². The van der Waals surface area contributed by atoms with Crippen LogP contribution in [0.4, 0.5) is 3.89 Å². The topological polar surface area (TPSA) is 66.9 Å². The fourth-order valence-electron chi connectivity index (χ4n) is 2.91. The van der Waals surface area contributed by atoms with Crippen LogP contribution < -0.4 is 4.18 Å². The summed E-state index contributed by atoms with van der Waals surface area (Å²) in [6, 6.07) is 13.0. The van der Waals surface area contributed by atoms with E-state index in [4.69, 9.17) is 11.6 Å². The molecule has 0 radical (unpaired) electrons. The van der Waals surface area contributed by atoms with E-state index in [1.165, 1.54) is 12.1 Å². The van der Waals surface area contributed by atoms with Crippen molar-refractivity contribution in [1.29, 1.82) is 0 Å². The fourth-order valence-corrected chi connectivity index (χ4v) is 3.37. The van der Waals surface area contributed by atoms with Crippen LogP contribution in [-0.2, 0) is 17.0 Å². The van der Waals surface area contributed by atoms with E-state index in [0.717, 1.165) is 18.7 Å². The van der Waals surface area contributed by atoms with Gasteiger partial charge < -0.3 is 9.08 Å². The van der Waals surface area contributed by atoms with Crippen LogP contribution in [0, 0.1) is 0 Å². The number of carbonyl (C=O) groups is 1. The molecule has 27 heavy (non-hydrogen) atoms. The Morgan fingerprint density at radius 3 is 2.15 bits per heavy atom. The van der Waals surface area contributed by atoms with Gasteiger partial charge in [0.1, 0.15) is 5.75 Å². The summed E-state index contributed by atoms with van der Waals surface area (Å²) in [4.78, 5) is 16.5. The van der Waals surface area contributed by atoms with Crippen LogP contribution in [0.2, 0.25) is 5.02 Å². The molecule has 0 bridgehead atoms. The minimum atomic E-state index is -5.01. The Morgan fingerprint density at radius 2 is 1.59 bits per heavy atom. The SMILES string of the molecule is O=C(c1ccc(Cl)cc1)N1CCN(Cc2ccc(OS(=O)(=O)F)cc2)CC1. The van der Waals surface area contributed by atoms with Crippen LogP contribution in [0.3, 0.4) is 0 Å². The van der Waals surface area contributed by atoms with E-state index in [2.05, 4.69) is 9.08 Å². The zero-order valence-corrected chi connectivity index (χ0v) is 15.9. The Hall–Kier alpha value is -2.16. The summed E-state index contributed by atoms with van der Waals surface area (Å²) in [6.45, 7) is 3.31. The zero-order chi connectivity index (χ0) is 19.4. The minimum absolute atomic E-state index is 0.0137. The number of hydrogen-bond acceptors (Lipinski definition) is 5. The molecule has 0 aliphatic carbocycles. The number of hydrogen-bond donors (Lipinski definition) is 0. The average molecular weight is 413 g/mol. The van der Waals surface area contributed by atoms with E-state index >= 15 is 0 Å². The highest BCUT2D eigenvalue weighted by molar-refractivity contribution is 7.81. The standard InChI is InChI=1S/C18H18ClFN2O4S/c19-16-5-3-15(4-6-16)18(23)22-11-9-21(10-12-22)13-14-1-7-17(8-2-14)26-27(20,24)25/h1-8H,9-13H2. The van der Waals surface area contributed by atoms with E-state index in [9.17, 15) is 17.1 Å². The van der Waals surface area contributed by atoms with Gasteiger partial charge >= 0.3 is 10.5 Å². The monoisotopic (exact) mass is 412 g/mol. The second-order valence-corrected chi connectivity index (χ2v) is 7.58. The minimum Gasteiger partial charge on any atom is -0.358 e. The predicted octanol–water partition coefficient (Wildman–Crippen LogP) is 2.89. The summed E-state index contributed by atoms with van der Waals surface area (Å²) in [5.74, 6) is -0.0834. The van der Waals surface area contributed by atoms with E-state index < -0.39 is 10.5 Å². The first kappa shape index (κ1) is 19.6. The van der Waals surface area contributed by atoms with Gasteiger partial charge in [0.25, 0.3) is 5.91 Å². The van der Waals surface area contributed by atoms with Crippen LogP contribution in [0.5, 0.6) is 5.75 Å². The van der Waals surface area contributed by atoms with Crippen molar-refractivity contribution < 1.29 is 21.3 Å². The van der Waals surface area contributed by atoms with Gasteiger partial charge in [-0.15, -0.1) is 0 Å². The van der Waals surface area contributed by atoms with Crippen molar-refractivity contribution in [2.75, 3.05) is 26.2 Å². The summed E-state index contributed by atoms with van der Waals surface area (Å²) >= 11 is 5.85. The summed E-state index contributed by atoms with van der Waals surface area (Å²) in [6.07, 6.45) is 0. The van der Waals surface area contributed by atoms with Gasteiger partial charge in [-0.1, -0.05) is 27.6 Å². The number of amides is 1. The highest BCUT2D eigenvalue weighted by Gasteiger charge is 2.22. The molecule has 1 fully saturated rings. The number of piperazine rings is 1. The molecule has 2 aromatic rings. The molecule has 3 rings (SSSR count). The van der Waals surface area contributed by atoms with Gasteiger partial charge in [0, 0.05) is 43.3 Å². The van der Waals surface area contributed by atoms with Crippen molar-refractivity contribution in [3.8, 4) is 5.75 Å². The van der Waals surface area contributed by atoms with Crippen LogP contribution in [0.15, 0.2) is 48.5 Å². The van der Waals surface area contributed by atoms with Crippen LogP contribution in [-0.4, -0.2) is 50.3 Å². The maximum Gasteiger partial charge on any atom is 0.488 e. The molecule has 0 N–H and O–H groups in total. The largest absolute Gasteiger partial charge is 0.488 e. The number of nitrogens with zero attached hydrogens (tertiary/aromatic N) is 2. The Morgan fingerprint density at radius 1 is 1.00 bits per heavy atom. The molecular weight excluding hydrogens is 395 g/mol. The molecule has 6 nitrogen and oxygen atoms in total. The quantitative estimate of drug-likeness (QED) is 0.706. The Bertz CT molecular complexity index is 896. The van der Waals surface area contributed by atoms with Crippen molar-refractivity contribution in [2.24, 2.45) is 0 Å². The van der Waals surface area contributed by atoms with Gasteiger partial charge in [0.05, 0.1) is 0 Å². The van der Waals surface area contributed by atoms with E-state index in [0.29, 0.717) is 30.2 Å². The fraction of sp³-hybridized carbons (Fsp3) is 0.278. The van der Waals surface area contributed by atoms with Gasteiger partial charge in [-0.3, -0.25) is 9.69 Å². The van der Waals surface area contributed by atoms with Crippen molar-refractivity contribution in [1.82, 2.24) is 9.80 Å². The Kier molecular flexibility index (Phi) is 5.98. The summed E-state index contributed by atoms with van der Waals surface area (Å²) in [5, 5.41) is 0.594. The maximum absolute atomic E-state index is 12.5. The van der Waals surface area contributed by atoms with Crippen LogP contribution in [0.25, 0.3) is 0 Å². The average Bonchev–Trinajstić information content (AvgIpc) is 2.63. The molecule has 0 aromatic heterocycles. The van der Waals surface area contributed by atoms with Gasteiger partial charge in [-0.05, 0) is 42.0 Å². The van der Waals surface area contributed by atoms with E-state index in [1.807, 2.05) is 4.90 Å². The lowest BCUT2D eigenvalue weighted by molar-refractivity contribution is 0.0628. The molecule has 1 heterocycles. The van der Waals surface area contributed by atoms with Gasteiger partial charge in [-0.25, -0.2) is 0 Å². The van der Waals surface area contributed by atoms with E-state index in [-0.39, 0.29) is 11.7 Å². The summed E-state index contributed by atoms with van der Waals surface area (Å²) in [7, 11) is -5.01. The van der Waals surface area contributed by atoms with Gasteiger partial charge in [0.15, 0.2) is 0 Å². The first-order valence-corrected chi connectivity index (χ1v) is 9.99. The molecule has 9 heteroatoms. The predicted molar refractivity (Wildman–Crippen MR) is 99.7 cm³/mol. The highest BCUT2D eigenvalue weighted by Crippen LogP contribution is 2.18. The molecule has 2 aromatic carbocycles. The van der Waals surface area contributed by atoms with Crippen molar-refractivity contribution >= 4 is 28.0 Å². The smallest absolute Gasteiger partial charge is 0.358 e. The molecule has 1 saturated heterocycles. The first-order chi connectivity index (χ1) is 12.8. The molecule has 0 saturated carbocycles. The third kappa shape index (κ3) is 5.66. The summed E-state index contributed by atoms with van der Waals surface area (Å²) < 4.78 is 37.6. The number of benzene rings is 2. The lowest BCUT2D eigenvalue weighted by atomic mass is 10.1. The maximum atomic E-state index is 12.5. The second-order valence-electron chi connectivity index (χ2n) is 6.20. The van der Waals surface area contributed by atoms with E-state index in [1.54, 1.807) is 36.4 Å². The molecule has 1 amide bonds. The van der Waals surface area contributed by atoms with Gasteiger partial charge in [-0.2, -0.15) is 8.42 Å². The number of carbonyl (C=O) groups excluding carboxylic acids is 1. The lowest BCUT2D eigenvalue weighted by Gasteiger charge is -2.34. The Balaban J connectivity index is 1.52. The summed E-state index contributed by atoms with van der Waals surface area (Å²) in [5.41, 5.74) is 1.56. The normalized spacial score (nSPS) is 15.6. The third-order valence-electron chi connectivity index (χ3n) is 4.28. The lowest BCUT2D eigenvalue weighted by Crippen LogP contribution is -2.48. The zero-order valence-electron chi connectivity index (χ0n) is 14.3. The Labute approximate surface area is 162 Å². The number of halogens is 2. The van der Waals surface area contributed by atoms with Crippen molar-refractivity contribution in [3.05, 3.63) is 64.7 Å². The van der Waals surface area contributed by atoms with Crippen molar-refractivity contribution in [2.45, 2.75) is 6.54 Å². The molecule has 0 spiro atoms. The molecule has 0 atom stereocenters. The molecular formula is C18H18ClFN2O4S. The van der Waals surface area contributed by atoms with Crippen LogP contribution >= 0.6 is 11.6 Å². The molecule has 0 unspecified atom stereocenters. The first-order valence-electron chi connectivity index (χ1n) is 8.30. The third-order valence-corrected chi connectivity index (χ3v) is 4.92. The molecule has 1 aliphatic heterocycles.